The van der Waals surface area contributed by atoms with Gasteiger partial charge in [0.05, 0.1) is 18.6 Å². The fourth-order valence-corrected chi connectivity index (χ4v) is 4.22. The van der Waals surface area contributed by atoms with Gasteiger partial charge < -0.3 is 14.2 Å². The van der Waals surface area contributed by atoms with Crippen LogP contribution in [0.25, 0.3) is 0 Å². The maximum atomic E-state index is 13.1. The average molecular weight is 390 g/mol. The molecular formula is C16H26N2O7S. The van der Waals surface area contributed by atoms with Gasteiger partial charge in [-0.2, -0.15) is 4.31 Å². The smallest absolute Gasteiger partial charge is 0.264 e. The van der Waals surface area contributed by atoms with Crippen molar-refractivity contribution < 1.29 is 32.6 Å². The van der Waals surface area contributed by atoms with Crippen LogP contribution in [0.15, 0.2) is 29.2 Å². The number of nitrogens with zero attached hydrogens (tertiary/aromatic N) is 1. The zero-order valence-electron chi connectivity index (χ0n) is 15.3. The van der Waals surface area contributed by atoms with Crippen molar-refractivity contribution in [3.63, 3.8) is 0 Å². The predicted octanol–water partition coefficient (Wildman–Crippen LogP) is 0.631. The number of benzene rings is 1. The summed E-state index contributed by atoms with van der Waals surface area (Å²) in [5.41, 5.74) is 1.52. The van der Waals surface area contributed by atoms with Crippen molar-refractivity contribution in [3.05, 3.63) is 24.3 Å². The SMILES string of the molecule is CCCN([C@@H](C(=O)NO)C(COC)OC)S(=O)(=O)c1ccc(OC)cc1. The molecule has 0 spiro atoms. The molecule has 0 saturated heterocycles. The van der Waals surface area contributed by atoms with Gasteiger partial charge in [0, 0.05) is 20.8 Å². The summed E-state index contributed by atoms with van der Waals surface area (Å²) in [7, 11) is 0.173. The molecule has 0 saturated carbocycles. The number of carbonyl (C=O) groups excluding carboxylic acids is 1. The zero-order chi connectivity index (χ0) is 19.7. The van der Waals surface area contributed by atoms with Crippen LogP contribution in [0.1, 0.15) is 13.3 Å². The van der Waals surface area contributed by atoms with E-state index in [1.54, 1.807) is 6.92 Å². The van der Waals surface area contributed by atoms with Crippen LogP contribution in [-0.2, 0) is 24.3 Å². The van der Waals surface area contributed by atoms with Crippen LogP contribution < -0.4 is 10.2 Å². The normalized spacial score (nSPS) is 14.1. The summed E-state index contributed by atoms with van der Waals surface area (Å²) in [6, 6.07) is 4.51. The second kappa shape index (κ2) is 10.4. The van der Waals surface area contributed by atoms with E-state index in [0.717, 1.165) is 4.31 Å². The second-order valence-electron chi connectivity index (χ2n) is 5.44. The average Bonchev–Trinajstić information content (AvgIpc) is 2.66. The highest BCUT2D eigenvalue weighted by atomic mass is 32.2. The highest BCUT2D eigenvalue weighted by molar-refractivity contribution is 7.89. The van der Waals surface area contributed by atoms with Crippen LogP contribution in [0.4, 0.5) is 0 Å². The maximum Gasteiger partial charge on any atom is 0.264 e. The quantitative estimate of drug-likeness (QED) is 0.421. The molecule has 2 atom stereocenters. The Labute approximate surface area is 153 Å². The van der Waals surface area contributed by atoms with Gasteiger partial charge in [-0.05, 0) is 30.7 Å². The Balaban J connectivity index is 3.39. The molecule has 1 unspecified atom stereocenters. The molecule has 0 aliphatic rings. The molecule has 0 aliphatic carbocycles. The first-order valence-corrected chi connectivity index (χ1v) is 9.42. The fourth-order valence-electron chi connectivity index (χ4n) is 2.52. The maximum absolute atomic E-state index is 13.1. The van der Waals surface area contributed by atoms with Gasteiger partial charge in [-0.25, -0.2) is 13.9 Å². The van der Waals surface area contributed by atoms with Crippen molar-refractivity contribution in [2.45, 2.75) is 30.4 Å². The number of amides is 1. The fraction of sp³-hybridized carbons (Fsp3) is 0.562. The first-order chi connectivity index (χ1) is 12.4. The van der Waals surface area contributed by atoms with Crippen LogP contribution >= 0.6 is 0 Å². The van der Waals surface area contributed by atoms with Crippen molar-refractivity contribution in [2.75, 3.05) is 34.5 Å². The first kappa shape index (κ1) is 22.3. The van der Waals surface area contributed by atoms with E-state index in [0.29, 0.717) is 12.2 Å². The van der Waals surface area contributed by atoms with E-state index < -0.39 is 28.1 Å². The third-order valence-corrected chi connectivity index (χ3v) is 5.68. The van der Waals surface area contributed by atoms with Crippen molar-refractivity contribution in [2.24, 2.45) is 0 Å². The minimum atomic E-state index is -4.05. The summed E-state index contributed by atoms with van der Waals surface area (Å²) >= 11 is 0. The number of sulfonamides is 1. The van der Waals surface area contributed by atoms with Gasteiger partial charge in [-0.15, -0.1) is 0 Å². The number of hydrogen-bond donors (Lipinski definition) is 2. The van der Waals surface area contributed by atoms with Gasteiger partial charge >= 0.3 is 0 Å². The topological polar surface area (TPSA) is 114 Å². The van der Waals surface area contributed by atoms with Crippen molar-refractivity contribution in [1.82, 2.24) is 9.79 Å². The molecule has 2 N–H and O–H groups in total. The number of rotatable bonds is 11. The molecule has 0 radical (unpaired) electrons. The number of nitrogens with one attached hydrogen (secondary N) is 1. The molecule has 1 aromatic carbocycles. The molecule has 1 amide bonds. The Morgan fingerprint density at radius 3 is 2.27 bits per heavy atom. The lowest BCUT2D eigenvalue weighted by atomic mass is 10.1. The largest absolute Gasteiger partial charge is 0.497 e. The lowest BCUT2D eigenvalue weighted by Crippen LogP contribution is -2.56. The number of hydroxylamine groups is 1. The Morgan fingerprint density at radius 2 is 1.85 bits per heavy atom. The van der Waals surface area contributed by atoms with E-state index in [-0.39, 0.29) is 18.0 Å². The van der Waals surface area contributed by atoms with Crippen LogP contribution in [0.2, 0.25) is 0 Å². The molecule has 0 aromatic heterocycles. The molecule has 10 heteroatoms. The molecule has 0 fully saturated rings. The summed E-state index contributed by atoms with van der Waals surface area (Å²) < 4.78 is 42.6. The summed E-state index contributed by atoms with van der Waals surface area (Å²) in [5, 5.41) is 9.11. The number of methoxy groups -OCH3 is 3. The summed E-state index contributed by atoms with van der Waals surface area (Å²) in [6.45, 7) is 1.80. The zero-order valence-corrected chi connectivity index (χ0v) is 16.2. The second-order valence-corrected chi connectivity index (χ2v) is 7.33. The standard InChI is InChI=1S/C16H26N2O7S/c1-5-10-18(15(16(19)17-20)14(25-4)11-23-2)26(21,22)13-8-6-12(24-3)7-9-13/h6-9,14-15,20H,5,10-11H2,1-4H3,(H,17,19)/t14?,15-/m1/s1. The van der Waals surface area contributed by atoms with Crippen LogP contribution in [0, 0.1) is 0 Å². The molecule has 0 heterocycles. The Hall–Kier alpha value is -1.72. The monoisotopic (exact) mass is 390 g/mol. The van der Waals surface area contributed by atoms with Gasteiger partial charge in [-0.3, -0.25) is 10.0 Å². The Morgan fingerprint density at radius 1 is 1.23 bits per heavy atom. The third-order valence-electron chi connectivity index (χ3n) is 3.78. The molecule has 0 bridgehead atoms. The minimum absolute atomic E-state index is 0.00485. The van der Waals surface area contributed by atoms with Gasteiger partial charge in [-0.1, -0.05) is 6.92 Å². The van der Waals surface area contributed by atoms with Crippen molar-refractivity contribution >= 4 is 15.9 Å². The van der Waals surface area contributed by atoms with Crippen molar-refractivity contribution in [1.29, 1.82) is 0 Å². The van der Waals surface area contributed by atoms with Crippen LogP contribution in [0.3, 0.4) is 0 Å². The summed E-state index contributed by atoms with van der Waals surface area (Å²) in [6.07, 6.45) is -0.458. The summed E-state index contributed by atoms with van der Waals surface area (Å²) in [4.78, 5) is 12.3. The predicted molar refractivity (Wildman–Crippen MR) is 93.6 cm³/mol. The van der Waals surface area contributed by atoms with E-state index in [1.165, 1.54) is 51.1 Å². The van der Waals surface area contributed by atoms with Crippen molar-refractivity contribution in [3.8, 4) is 5.75 Å². The molecule has 0 aliphatic heterocycles. The molecule has 148 valence electrons. The van der Waals surface area contributed by atoms with Gasteiger partial charge in [0.25, 0.3) is 5.91 Å². The Kier molecular flexibility index (Phi) is 8.96. The number of ether oxygens (including phenoxy) is 3. The van der Waals surface area contributed by atoms with E-state index in [9.17, 15) is 13.2 Å². The van der Waals surface area contributed by atoms with Gasteiger partial charge in [0.1, 0.15) is 17.9 Å². The minimum Gasteiger partial charge on any atom is -0.497 e. The van der Waals surface area contributed by atoms with Crippen LogP contribution in [0.5, 0.6) is 5.75 Å². The van der Waals surface area contributed by atoms with Crippen LogP contribution in [-0.4, -0.2) is 70.5 Å². The lowest BCUT2D eigenvalue weighted by molar-refractivity contribution is -0.139. The van der Waals surface area contributed by atoms with Gasteiger partial charge in [0.2, 0.25) is 10.0 Å². The molecular weight excluding hydrogens is 364 g/mol. The van der Waals surface area contributed by atoms with Gasteiger partial charge in [0.15, 0.2) is 0 Å². The lowest BCUT2D eigenvalue weighted by Gasteiger charge is -2.33. The van der Waals surface area contributed by atoms with E-state index in [1.807, 2.05) is 0 Å². The summed E-state index contributed by atoms with van der Waals surface area (Å²) in [5.74, 6) is -0.399. The number of carbonyl (C=O) groups is 1. The van der Waals surface area contributed by atoms with E-state index in [2.05, 4.69) is 0 Å². The highest BCUT2D eigenvalue weighted by Gasteiger charge is 2.41. The molecule has 9 nitrogen and oxygen atoms in total. The molecule has 1 aromatic rings. The third kappa shape index (κ3) is 5.15. The Bertz CT molecular complexity index is 664. The molecule has 1 rings (SSSR count). The van der Waals surface area contributed by atoms with E-state index in [4.69, 9.17) is 19.4 Å². The first-order valence-electron chi connectivity index (χ1n) is 7.98. The highest BCUT2D eigenvalue weighted by Crippen LogP contribution is 2.23. The number of hydrogen-bond acceptors (Lipinski definition) is 7. The molecule has 26 heavy (non-hydrogen) atoms. The van der Waals surface area contributed by atoms with E-state index >= 15 is 0 Å².